The third-order valence-corrected chi connectivity index (χ3v) is 3.88. The normalized spacial score (nSPS) is 10.5. The minimum absolute atomic E-state index is 0.438. The van der Waals surface area contributed by atoms with Crippen molar-refractivity contribution in [3.8, 4) is 5.88 Å². The summed E-state index contributed by atoms with van der Waals surface area (Å²) in [7, 11) is 0. The van der Waals surface area contributed by atoms with Crippen molar-refractivity contribution in [2.45, 2.75) is 20.3 Å². The number of thiophene rings is 1. The lowest BCUT2D eigenvalue weighted by atomic mass is 10.2. The van der Waals surface area contributed by atoms with Crippen LogP contribution in [-0.2, 0) is 6.42 Å². The molecule has 0 N–H and O–H groups in total. The van der Waals surface area contributed by atoms with Gasteiger partial charge < -0.3 is 4.74 Å². The van der Waals surface area contributed by atoms with Gasteiger partial charge in [-0.2, -0.15) is 0 Å². The van der Waals surface area contributed by atoms with Crippen molar-refractivity contribution in [1.82, 2.24) is 10.2 Å². The Kier molecular flexibility index (Phi) is 3.97. The third kappa shape index (κ3) is 2.96. The van der Waals surface area contributed by atoms with Crippen LogP contribution in [0.4, 0.5) is 0 Å². The van der Waals surface area contributed by atoms with Gasteiger partial charge in [0.05, 0.1) is 6.61 Å². The molecule has 0 bridgehead atoms. The van der Waals surface area contributed by atoms with Gasteiger partial charge >= 0.3 is 0 Å². The van der Waals surface area contributed by atoms with Gasteiger partial charge in [0.2, 0.25) is 5.88 Å². The van der Waals surface area contributed by atoms with Crippen molar-refractivity contribution in [2.75, 3.05) is 6.61 Å². The van der Waals surface area contributed by atoms with Crippen LogP contribution in [0.5, 0.6) is 5.88 Å². The van der Waals surface area contributed by atoms with Crippen molar-refractivity contribution < 1.29 is 4.74 Å². The minimum Gasteiger partial charge on any atom is -0.476 e. The Bertz CT molecular complexity index is 499. The van der Waals surface area contributed by atoms with Crippen LogP contribution < -0.4 is 4.74 Å². The molecule has 0 radical (unpaired) electrons. The van der Waals surface area contributed by atoms with Gasteiger partial charge in [-0.15, -0.1) is 21.5 Å². The van der Waals surface area contributed by atoms with Crippen molar-refractivity contribution in [1.29, 1.82) is 0 Å². The zero-order valence-electron chi connectivity index (χ0n) is 9.74. The summed E-state index contributed by atoms with van der Waals surface area (Å²) < 4.78 is 5.62. The van der Waals surface area contributed by atoms with E-state index in [1.54, 1.807) is 11.3 Å². The van der Waals surface area contributed by atoms with Gasteiger partial charge in [-0.25, -0.2) is 0 Å². The molecule has 0 saturated carbocycles. The van der Waals surface area contributed by atoms with Gasteiger partial charge in [0.15, 0.2) is 5.15 Å². The van der Waals surface area contributed by atoms with E-state index in [9.17, 15) is 0 Å². The molecule has 2 aromatic rings. The molecule has 17 heavy (non-hydrogen) atoms. The number of rotatable bonds is 4. The highest BCUT2D eigenvalue weighted by Gasteiger charge is 2.08. The molecule has 0 aliphatic rings. The molecule has 2 rings (SSSR count). The molecule has 0 aliphatic heterocycles. The molecule has 90 valence electrons. The lowest BCUT2D eigenvalue weighted by molar-refractivity contribution is 0.304. The van der Waals surface area contributed by atoms with Crippen molar-refractivity contribution in [3.63, 3.8) is 0 Å². The fraction of sp³-hybridized carbons (Fsp3) is 0.333. The van der Waals surface area contributed by atoms with E-state index in [0.29, 0.717) is 17.6 Å². The van der Waals surface area contributed by atoms with E-state index in [4.69, 9.17) is 16.3 Å². The SMILES string of the molecule is Cc1c(Cl)nnc(OCCc2cccs2)c1C. The summed E-state index contributed by atoms with van der Waals surface area (Å²) >= 11 is 7.60. The Labute approximate surface area is 109 Å². The number of hydrogen-bond acceptors (Lipinski definition) is 4. The summed E-state index contributed by atoms with van der Waals surface area (Å²) in [6.07, 6.45) is 0.889. The molecule has 2 heterocycles. The Hall–Kier alpha value is -1.13. The Balaban J connectivity index is 1.97. The first kappa shape index (κ1) is 12.3. The summed E-state index contributed by atoms with van der Waals surface area (Å²) in [5, 5.41) is 10.3. The van der Waals surface area contributed by atoms with Gasteiger partial charge in [0.25, 0.3) is 0 Å². The second-order valence-electron chi connectivity index (χ2n) is 3.72. The smallest absolute Gasteiger partial charge is 0.236 e. The predicted molar refractivity (Wildman–Crippen MR) is 70.0 cm³/mol. The monoisotopic (exact) mass is 268 g/mol. The van der Waals surface area contributed by atoms with E-state index < -0.39 is 0 Å². The van der Waals surface area contributed by atoms with E-state index in [0.717, 1.165) is 17.5 Å². The maximum absolute atomic E-state index is 5.87. The van der Waals surface area contributed by atoms with Crippen LogP contribution in [0.15, 0.2) is 17.5 Å². The quantitative estimate of drug-likeness (QED) is 0.852. The molecule has 0 aromatic carbocycles. The topological polar surface area (TPSA) is 35.0 Å². The first-order valence-corrected chi connectivity index (χ1v) is 6.59. The van der Waals surface area contributed by atoms with Crippen LogP contribution in [0.1, 0.15) is 16.0 Å². The molecule has 5 heteroatoms. The van der Waals surface area contributed by atoms with Crippen molar-refractivity contribution in [3.05, 3.63) is 38.7 Å². The number of nitrogens with zero attached hydrogens (tertiary/aromatic N) is 2. The lowest BCUT2D eigenvalue weighted by Gasteiger charge is -2.09. The molecule has 0 fully saturated rings. The Morgan fingerprint density at radius 3 is 2.82 bits per heavy atom. The molecular weight excluding hydrogens is 256 g/mol. The molecule has 2 aromatic heterocycles. The lowest BCUT2D eigenvalue weighted by Crippen LogP contribution is -2.05. The average molecular weight is 269 g/mol. The number of halogens is 1. The summed E-state index contributed by atoms with van der Waals surface area (Å²) in [6, 6.07) is 4.14. The van der Waals surface area contributed by atoms with E-state index in [-0.39, 0.29) is 0 Å². The molecule has 3 nitrogen and oxygen atoms in total. The maximum atomic E-state index is 5.87. The predicted octanol–water partition coefficient (Wildman–Crippen LogP) is 3.43. The molecular formula is C12H13ClN2OS. The number of ether oxygens (including phenoxy) is 1. The molecule has 0 spiro atoms. The standard InChI is InChI=1S/C12H13ClN2OS/c1-8-9(2)12(15-14-11(8)13)16-6-5-10-4-3-7-17-10/h3-4,7H,5-6H2,1-2H3. The van der Waals surface area contributed by atoms with Crippen LogP contribution in [-0.4, -0.2) is 16.8 Å². The minimum atomic E-state index is 0.438. The first-order chi connectivity index (χ1) is 8.18. The van der Waals surface area contributed by atoms with E-state index >= 15 is 0 Å². The van der Waals surface area contributed by atoms with Gasteiger partial charge in [-0.3, -0.25) is 0 Å². The summed E-state index contributed by atoms with van der Waals surface area (Å²) in [5.41, 5.74) is 1.88. The third-order valence-electron chi connectivity index (χ3n) is 2.59. The van der Waals surface area contributed by atoms with Gasteiger partial charge in [0.1, 0.15) is 0 Å². The largest absolute Gasteiger partial charge is 0.476 e. The molecule has 0 atom stereocenters. The highest BCUT2D eigenvalue weighted by atomic mass is 35.5. The van der Waals surface area contributed by atoms with Gasteiger partial charge in [-0.1, -0.05) is 17.7 Å². The van der Waals surface area contributed by atoms with Crippen LogP contribution in [0.25, 0.3) is 0 Å². The van der Waals surface area contributed by atoms with Crippen LogP contribution >= 0.6 is 22.9 Å². The summed E-state index contributed by atoms with van der Waals surface area (Å²) in [5.74, 6) is 0.573. The fourth-order valence-corrected chi connectivity index (χ4v) is 2.26. The van der Waals surface area contributed by atoms with E-state index in [2.05, 4.69) is 21.6 Å². The van der Waals surface area contributed by atoms with E-state index in [1.165, 1.54) is 4.88 Å². The van der Waals surface area contributed by atoms with Crippen LogP contribution in [0.3, 0.4) is 0 Å². The molecule has 0 saturated heterocycles. The summed E-state index contributed by atoms with van der Waals surface area (Å²) in [4.78, 5) is 1.31. The number of hydrogen-bond donors (Lipinski definition) is 0. The fourth-order valence-electron chi connectivity index (χ4n) is 1.39. The second kappa shape index (κ2) is 5.47. The van der Waals surface area contributed by atoms with Gasteiger partial charge in [0, 0.05) is 16.9 Å². The number of aromatic nitrogens is 2. The Morgan fingerprint density at radius 2 is 2.12 bits per heavy atom. The highest BCUT2D eigenvalue weighted by Crippen LogP contribution is 2.22. The second-order valence-corrected chi connectivity index (χ2v) is 5.11. The van der Waals surface area contributed by atoms with E-state index in [1.807, 2.05) is 19.9 Å². The van der Waals surface area contributed by atoms with Gasteiger partial charge in [-0.05, 0) is 30.9 Å². The molecule has 0 aliphatic carbocycles. The first-order valence-electron chi connectivity index (χ1n) is 5.33. The summed E-state index contributed by atoms with van der Waals surface area (Å²) in [6.45, 7) is 4.46. The maximum Gasteiger partial charge on any atom is 0.236 e. The zero-order chi connectivity index (χ0) is 12.3. The Morgan fingerprint density at radius 1 is 1.29 bits per heavy atom. The molecule has 0 unspecified atom stereocenters. The average Bonchev–Trinajstić information content (AvgIpc) is 2.82. The molecule has 0 amide bonds. The highest BCUT2D eigenvalue weighted by molar-refractivity contribution is 7.09. The zero-order valence-corrected chi connectivity index (χ0v) is 11.3. The van der Waals surface area contributed by atoms with Crippen LogP contribution in [0, 0.1) is 13.8 Å². The van der Waals surface area contributed by atoms with Crippen LogP contribution in [0.2, 0.25) is 5.15 Å². The van der Waals surface area contributed by atoms with Crippen molar-refractivity contribution in [2.24, 2.45) is 0 Å². The van der Waals surface area contributed by atoms with Crippen molar-refractivity contribution >= 4 is 22.9 Å².